The van der Waals surface area contributed by atoms with Crippen molar-refractivity contribution in [3.05, 3.63) is 41.6 Å². The van der Waals surface area contributed by atoms with Gasteiger partial charge in [0.15, 0.2) is 6.10 Å². The van der Waals surface area contributed by atoms with Crippen LogP contribution >= 0.6 is 0 Å². The highest BCUT2D eigenvalue weighted by Crippen LogP contribution is 2.25. The summed E-state index contributed by atoms with van der Waals surface area (Å²) >= 11 is 0. The molecule has 130 valence electrons. The number of rotatable bonds is 4. The Morgan fingerprint density at radius 3 is 3.04 bits per heavy atom. The van der Waals surface area contributed by atoms with Crippen molar-refractivity contribution in [2.24, 2.45) is 0 Å². The summed E-state index contributed by atoms with van der Waals surface area (Å²) in [6, 6.07) is 8.31. The summed E-state index contributed by atoms with van der Waals surface area (Å²) in [5.74, 6) is 1.06. The van der Waals surface area contributed by atoms with E-state index in [0.717, 1.165) is 0 Å². The molecule has 2 atom stereocenters. The number of ether oxygens (including phenoxy) is 2. The van der Waals surface area contributed by atoms with Gasteiger partial charge in [-0.2, -0.15) is 5.26 Å². The Kier molecular flexibility index (Phi) is 4.95. The topological polar surface area (TPSA) is 101 Å². The van der Waals surface area contributed by atoms with Crippen LogP contribution in [0.3, 0.4) is 0 Å². The molecule has 1 aliphatic heterocycles. The molecule has 8 nitrogen and oxygen atoms in total. The maximum absolute atomic E-state index is 12.8. The van der Waals surface area contributed by atoms with E-state index in [1.807, 2.05) is 6.07 Å². The van der Waals surface area contributed by atoms with Gasteiger partial charge in [0.25, 0.3) is 5.91 Å². The fourth-order valence-corrected chi connectivity index (χ4v) is 2.65. The highest BCUT2D eigenvalue weighted by atomic mass is 16.5. The number of hydrogen-bond donors (Lipinski definition) is 0. The van der Waals surface area contributed by atoms with Gasteiger partial charge in [-0.1, -0.05) is 6.07 Å². The average molecular weight is 342 g/mol. The number of nitriles is 1. The summed E-state index contributed by atoms with van der Waals surface area (Å²) in [6.45, 7) is 4.51. The lowest BCUT2D eigenvalue weighted by molar-refractivity contribution is -0.148. The van der Waals surface area contributed by atoms with Crippen molar-refractivity contribution >= 4 is 5.91 Å². The minimum absolute atomic E-state index is 0.202. The second-order valence-corrected chi connectivity index (χ2v) is 5.68. The van der Waals surface area contributed by atoms with E-state index in [1.165, 1.54) is 0 Å². The maximum Gasteiger partial charge on any atom is 0.264 e. The number of morpholine rings is 1. The highest BCUT2D eigenvalue weighted by Gasteiger charge is 2.35. The smallest absolute Gasteiger partial charge is 0.264 e. The molecule has 2 aromatic rings. The molecule has 3 rings (SSSR count). The summed E-state index contributed by atoms with van der Waals surface area (Å²) in [4.78, 5) is 14.5. The fourth-order valence-electron chi connectivity index (χ4n) is 2.65. The van der Waals surface area contributed by atoms with E-state index in [0.29, 0.717) is 42.9 Å². The van der Waals surface area contributed by atoms with Gasteiger partial charge < -0.3 is 18.8 Å². The van der Waals surface area contributed by atoms with Crippen molar-refractivity contribution in [3.63, 3.8) is 0 Å². The standard InChI is InChI=1S/C17H18N4O4/c1-11(24-14-5-3-4-13(8-14)9-18)17(22)21-6-7-23-10-15(21)16-20-19-12(2)25-16/h3-5,8,11,15H,6-7,10H2,1-2H3/t11-,15-/m0/s1. The lowest BCUT2D eigenvalue weighted by Gasteiger charge is -2.35. The number of nitrogens with zero attached hydrogens (tertiary/aromatic N) is 4. The van der Waals surface area contributed by atoms with E-state index in [2.05, 4.69) is 10.2 Å². The summed E-state index contributed by atoms with van der Waals surface area (Å²) in [6.07, 6.45) is -0.724. The van der Waals surface area contributed by atoms with Crippen molar-refractivity contribution in [2.75, 3.05) is 19.8 Å². The first kappa shape index (κ1) is 16.9. The van der Waals surface area contributed by atoms with E-state index in [9.17, 15) is 4.79 Å². The summed E-state index contributed by atoms with van der Waals surface area (Å²) in [7, 11) is 0. The molecule has 1 amide bonds. The number of aromatic nitrogens is 2. The predicted octanol–water partition coefficient (Wildman–Crippen LogP) is 1.62. The molecule has 1 saturated heterocycles. The molecule has 1 aromatic carbocycles. The van der Waals surface area contributed by atoms with Gasteiger partial charge in [-0.05, 0) is 25.1 Å². The van der Waals surface area contributed by atoms with Gasteiger partial charge in [0.05, 0.1) is 24.8 Å². The van der Waals surface area contributed by atoms with Gasteiger partial charge in [0, 0.05) is 13.5 Å². The number of amides is 1. The van der Waals surface area contributed by atoms with E-state index in [-0.39, 0.29) is 5.91 Å². The van der Waals surface area contributed by atoms with Gasteiger partial charge in [-0.3, -0.25) is 4.79 Å². The number of carbonyl (C=O) groups is 1. The molecule has 0 unspecified atom stereocenters. The third kappa shape index (κ3) is 3.78. The molecule has 8 heteroatoms. The van der Waals surface area contributed by atoms with Crippen LogP contribution in [0.5, 0.6) is 5.75 Å². The molecular formula is C17H18N4O4. The minimum atomic E-state index is -0.724. The number of aryl methyl sites for hydroxylation is 1. The van der Waals surface area contributed by atoms with Gasteiger partial charge in [0.2, 0.25) is 11.8 Å². The van der Waals surface area contributed by atoms with Crippen molar-refractivity contribution in [1.29, 1.82) is 5.26 Å². The van der Waals surface area contributed by atoms with E-state index >= 15 is 0 Å². The van der Waals surface area contributed by atoms with Crippen molar-refractivity contribution in [2.45, 2.75) is 26.0 Å². The first-order valence-corrected chi connectivity index (χ1v) is 7.93. The third-order valence-electron chi connectivity index (χ3n) is 3.86. The summed E-state index contributed by atoms with van der Waals surface area (Å²) in [5.41, 5.74) is 0.475. The van der Waals surface area contributed by atoms with Gasteiger partial charge in [-0.25, -0.2) is 0 Å². The monoisotopic (exact) mass is 342 g/mol. The molecule has 0 aliphatic carbocycles. The van der Waals surface area contributed by atoms with Crippen LogP contribution in [0.25, 0.3) is 0 Å². The Labute approximate surface area is 145 Å². The van der Waals surface area contributed by atoms with Crippen molar-refractivity contribution < 1.29 is 18.7 Å². The van der Waals surface area contributed by atoms with Crippen LogP contribution in [0.4, 0.5) is 0 Å². The van der Waals surface area contributed by atoms with Gasteiger partial charge in [-0.15, -0.1) is 10.2 Å². The molecule has 0 radical (unpaired) electrons. The van der Waals surface area contributed by atoms with Gasteiger partial charge in [0.1, 0.15) is 11.8 Å². The normalized spacial score (nSPS) is 18.4. The largest absolute Gasteiger partial charge is 0.481 e. The Balaban J connectivity index is 1.74. The van der Waals surface area contributed by atoms with E-state index in [1.54, 1.807) is 43.0 Å². The van der Waals surface area contributed by atoms with Crippen molar-refractivity contribution in [1.82, 2.24) is 15.1 Å². The van der Waals surface area contributed by atoms with Crippen LogP contribution in [-0.2, 0) is 9.53 Å². The fraction of sp³-hybridized carbons (Fsp3) is 0.412. The Morgan fingerprint density at radius 2 is 2.32 bits per heavy atom. The summed E-state index contributed by atoms with van der Waals surface area (Å²) < 4.78 is 16.6. The molecule has 1 fully saturated rings. The molecule has 0 bridgehead atoms. The quantitative estimate of drug-likeness (QED) is 0.832. The van der Waals surface area contributed by atoms with E-state index < -0.39 is 12.1 Å². The van der Waals surface area contributed by atoms with Crippen LogP contribution in [-0.4, -0.2) is 46.9 Å². The van der Waals surface area contributed by atoms with Crippen LogP contribution in [0.2, 0.25) is 0 Å². The summed E-state index contributed by atoms with van der Waals surface area (Å²) in [5, 5.41) is 16.8. The number of hydrogen-bond acceptors (Lipinski definition) is 7. The lowest BCUT2D eigenvalue weighted by atomic mass is 10.2. The zero-order valence-corrected chi connectivity index (χ0v) is 14.0. The van der Waals surface area contributed by atoms with Crippen molar-refractivity contribution in [3.8, 4) is 11.8 Å². The molecule has 2 heterocycles. The molecule has 0 spiro atoms. The Bertz CT molecular complexity index is 798. The zero-order chi connectivity index (χ0) is 17.8. The molecule has 1 aromatic heterocycles. The SMILES string of the molecule is Cc1nnc([C@@H]2COCCN2C(=O)[C@H](C)Oc2cccc(C#N)c2)o1. The highest BCUT2D eigenvalue weighted by molar-refractivity contribution is 5.81. The zero-order valence-electron chi connectivity index (χ0n) is 14.0. The Morgan fingerprint density at radius 1 is 1.48 bits per heavy atom. The first-order chi connectivity index (χ1) is 12.1. The maximum atomic E-state index is 12.8. The van der Waals surface area contributed by atoms with Crippen LogP contribution < -0.4 is 4.74 Å². The molecule has 25 heavy (non-hydrogen) atoms. The van der Waals surface area contributed by atoms with Gasteiger partial charge >= 0.3 is 0 Å². The molecule has 1 aliphatic rings. The average Bonchev–Trinajstić information content (AvgIpc) is 3.07. The second-order valence-electron chi connectivity index (χ2n) is 5.68. The van der Waals surface area contributed by atoms with Crippen LogP contribution in [0.1, 0.15) is 30.3 Å². The van der Waals surface area contributed by atoms with Crippen LogP contribution in [0.15, 0.2) is 28.7 Å². The third-order valence-corrected chi connectivity index (χ3v) is 3.86. The second kappa shape index (κ2) is 7.32. The lowest BCUT2D eigenvalue weighted by Crippen LogP contribution is -2.48. The first-order valence-electron chi connectivity index (χ1n) is 7.93. The number of benzene rings is 1. The minimum Gasteiger partial charge on any atom is -0.481 e. The van der Waals surface area contributed by atoms with E-state index in [4.69, 9.17) is 19.2 Å². The van der Waals surface area contributed by atoms with Crippen LogP contribution in [0, 0.1) is 18.3 Å². The number of carbonyl (C=O) groups excluding carboxylic acids is 1. The molecule has 0 saturated carbocycles. The Hall–Kier alpha value is -2.92. The molecular weight excluding hydrogens is 324 g/mol. The predicted molar refractivity (Wildman–Crippen MR) is 85.6 cm³/mol. The molecule has 0 N–H and O–H groups in total.